The van der Waals surface area contributed by atoms with Crippen LogP contribution in [0.3, 0.4) is 0 Å². The van der Waals surface area contributed by atoms with Gasteiger partial charge in [0.25, 0.3) is 0 Å². The molecule has 2 aliphatic rings. The van der Waals surface area contributed by atoms with Crippen LogP contribution in [0.5, 0.6) is 0 Å². The van der Waals surface area contributed by atoms with Crippen molar-refractivity contribution in [2.45, 2.75) is 58.5 Å². The predicted octanol–water partition coefficient (Wildman–Crippen LogP) is 3.58. The lowest BCUT2D eigenvalue weighted by molar-refractivity contribution is -0.125. The Bertz CT molecular complexity index is 861. The summed E-state index contributed by atoms with van der Waals surface area (Å²) in [5.41, 5.74) is 2.33. The number of rotatable bonds is 6. The highest BCUT2D eigenvalue weighted by Crippen LogP contribution is 2.34. The van der Waals surface area contributed by atoms with Gasteiger partial charge in [-0.1, -0.05) is 0 Å². The third-order valence-corrected chi connectivity index (χ3v) is 7.19. The average Bonchev–Trinajstić information content (AvgIpc) is 3.35. The Morgan fingerprint density at radius 2 is 2.03 bits per heavy atom. The highest BCUT2D eigenvalue weighted by molar-refractivity contribution is 7.10. The van der Waals surface area contributed by atoms with Gasteiger partial charge in [-0.05, 0) is 63.1 Å². The molecular weight excluding hydrogens is 394 g/mol. The molecule has 2 aromatic heterocycles. The first-order chi connectivity index (χ1) is 14.5. The van der Waals surface area contributed by atoms with Crippen LogP contribution in [0, 0.1) is 12.8 Å². The van der Waals surface area contributed by atoms with Gasteiger partial charge in [0.1, 0.15) is 0 Å². The maximum absolute atomic E-state index is 13.1. The van der Waals surface area contributed by atoms with E-state index in [1.54, 1.807) is 11.3 Å². The fourth-order valence-corrected chi connectivity index (χ4v) is 5.50. The van der Waals surface area contributed by atoms with Crippen LogP contribution < -0.4 is 10.2 Å². The molecule has 2 atom stereocenters. The van der Waals surface area contributed by atoms with E-state index in [0.717, 1.165) is 44.4 Å². The van der Waals surface area contributed by atoms with Crippen LogP contribution in [0.15, 0.2) is 23.7 Å². The van der Waals surface area contributed by atoms with Crippen molar-refractivity contribution in [2.24, 2.45) is 5.92 Å². The molecule has 4 heterocycles. The van der Waals surface area contributed by atoms with Crippen LogP contribution in [-0.2, 0) is 11.3 Å². The van der Waals surface area contributed by atoms with Crippen LogP contribution >= 0.6 is 11.3 Å². The van der Waals surface area contributed by atoms with Crippen LogP contribution in [0.1, 0.15) is 55.2 Å². The van der Waals surface area contributed by atoms with Crippen LogP contribution in [0.2, 0.25) is 0 Å². The summed E-state index contributed by atoms with van der Waals surface area (Å²) in [5.74, 6) is 0.966. The molecule has 1 N–H and O–H groups in total. The quantitative estimate of drug-likeness (QED) is 0.764. The predicted molar refractivity (Wildman–Crippen MR) is 122 cm³/mol. The zero-order valence-electron chi connectivity index (χ0n) is 18.3. The van der Waals surface area contributed by atoms with Crippen LogP contribution in [-0.4, -0.2) is 53.0 Å². The van der Waals surface area contributed by atoms with Crippen molar-refractivity contribution in [3.63, 3.8) is 0 Å². The molecule has 30 heavy (non-hydrogen) atoms. The number of anilines is 1. The average molecular weight is 428 g/mol. The zero-order valence-corrected chi connectivity index (χ0v) is 19.1. The molecule has 2 aromatic rings. The third-order valence-electron chi connectivity index (χ3n) is 6.18. The van der Waals surface area contributed by atoms with Gasteiger partial charge in [0.15, 0.2) is 0 Å². The fourth-order valence-electron chi connectivity index (χ4n) is 4.56. The van der Waals surface area contributed by atoms with E-state index in [1.807, 2.05) is 26.1 Å². The van der Waals surface area contributed by atoms with Crippen LogP contribution in [0.25, 0.3) is 0 Å². The Kier molecular flexibility index (Phi) is 6.68. The number of hydrogen-bond acceptors (Lipinski definition) is 6. The van der Waals surface area contributed by atoms with E-state index in [9.17, 15) is 4.79 Å². The standard InChI is InChI=1S/C23H33N5OS/c1-16(2)25-22(29)19-14-27(15-21-17(3)8-12-30-21)13-18(19)20-7-9-24-23(26-20)28-10-5-4-6-11-28/h7-9,12,16,18-19H,4-6,10-11,13-15H2,1-3H3,(H,25,29)/t18-,19-/m1/s1. The minimum absolute atomic E-state index is 0.0863. The fraction of sp³-hybridized carbons (Fsp3) is 0.609. The topological polar surface area (TPSA) is 61.4 Å². The van der Waals surface area contributed by atoms with Crippen molar-refractivity contribution in [1.82, 2.24) is 20.2 Å². The Labute approximate surface area is 183 Å². The minimum Gasteiger partial charge on any atom is -0.354 e. The normalized spacial score (nSPS) is 22.6. The van der Waals surface area contributed by atoms with E-state index in [1.165, 1.54) is 29.7 Å². The van der Waals surface area contributed by atoms with E-state index in [0.29, 0.717) is 0 Å². The van der Waals surface area contributed by atoms with Gasteiger partial charge in [0.05, 0.1) is 11.6 Å². The number of thiophene rings is 1. The third kappa shape index (κ3) is 4.83. The van der Waals surface area contributed by atoms with E-state index in [2.05, 4.69) is 38.5 Å². The number of aryl methyl sites for hydroxylation is 1. The van der Waals surface area contributed by atoms with Gasteiger partial charge in [0.2, 0.25) is 11.9 Å². The summed E-state index contributed by atoms with van der Waals surface area (Å²) in [6.07, 6.45) is 5.55. The first-order valence-electron chi connectivity index (χ1n) is 11.1. The molecule has 4 rings (SSSR count). The summed E-state index contributed by atoms with van der Waals surface area (Å²) in [7, 11) is 0. The molecule has 162 valence electrons. The molecule has 6 nitrogen and oxygen atoms in total. The molecule has 0 spiro atoms. The molecule has 0 bridgehead atoms. The van der Waals surface area contributed by atoms with Crippen molar-refractivity contribution in [1.29, 1.82) is 0 Å². The number of aromatic nitrogens is 2. The van der Waals surface area contributed by atoms with Crippen molar-refractivity contribution < 1.29 is 4.79 Å². The Morgan fingerprint density at radius 1 is 1.23 bits per heavy atom. The first-order valence-corrected chi connectivity index (χ1v) is 12.0. The largest absolute Gasteiger partial charge is 0.354 e. The van der Waals surface area contributed by atoms with Gasteiger partial charge < -0.3 is 10.2 Å². The molecule has 2 fully saturated rings. The Balaban J connectivity index is 1.56. The van der Waals surface area contributed by atoms with Gasteiger partial charge in [-0.2, -0.15) is 0 Å². The summed E-state index contributed by atoms with van der Waals surface area (Å²) in [4.78, 5) is 28.6. The summed E-state index contributed by atoms with van der Waals surface area (Å²) in [6.45, 7) is 10.8. The molecule has 0 aliphatic carbocycles. The van der Waals surface area contributed by atoms with E-state index in [-0.39, 0.29) is 23.8 Å². The second kappa shape index (κ2) is 9.43. The van der Waals surface area contributed by atoms with Gasteiger partial charge in [-0.3, -0.25) is 9.69 Å². The second-order valence-electron chi connectivity index (χ2n) is 8.93. The highest BCUT2D eigenvalue weighted by Gasteiger charge is 2.39. The summed E-state index contributed by atoms with van der Waals surface area (Å²) < 4.78 is 0. The molecule has 2 aliphatic heterocycles. The molecule has 0 aromatic carbocycles. The van der Waals surface area contributed by atoms with Gasteiger partial charge in [0, 0.05) is 55.8 Å². The number of likely N-dealkylation sites (tertiary alicyclic amines) is 1. The molecule has 0 radical (unpaired) electrons. The number of hydrogen-bond donors (Lipinski definition) is 1. The Morgan fingerprint density at radius 3 is 2.73 bits per heavy atom. The van der Waals surface area contributed by atoms with Gasteiger partial charge in [-0.25, -0.2) is 9.97 Å². The number of amides is 1. The number of nitrogens with one attached hydrogen (secondary N) is 1. The Hall–Kier alpha value is -1.99. The summed E-state index contributed by atoms with van der Waals surface area (Å²) in [6, 6.07) is 4.32. The minimum atomic E-state index is -0.0863. The second-order valence-corrected chi connectivity index (χ2v) is 9.93. The van der Waals surface area contributed by atoms with Crippen molar-refractivity contribution in [3.05, 3.63) is 39.8 Å². The van der Waals surface area contributed by atoms with Crippen molar-refractivity contribution in [3.8, 4) is 0 Å². The molecular formula is C23H33N5OS. The number of nitrogens with zero attached hydrogens (tertiary/aromatic N) is 4. The number of carbonyl (C=O) groups is 1. The smallest absolute Gasteiger partial charge is 0.225 e. The highest BCUT2D eigenvalue weighted by atomic mass is 32.1. The number of carbonyl (C=O) groups excluding carboxylic acids is 1. The first kappa shape index (κ1) is 21.2. The molecule has 1 amide bonds. The molecule has 2 saturated heterocycles. The summed E-state index contributed by atoms with van der Waals surface area (Å²) in [5, 5.41) is 5.29. The van der Waals surface area contributed by atoms with E-state index in [4.69, 9.17) is 4.98 Å². The lowest BCUT2D eigenvalue weighted by atomic mass is 9.91. The van der Waals surface area contributed by atoms with Crippen molar-refractivity contribution in [2.75, 3.05) is 31.1 Å². The van der Waals surface area contributed by atoms with Crippen molar-refractivity contribution >= 4 is 23.2 Å². The lowest BCUT2D eigenvalue weighted by Crippen LogP contribution is -2.38. The maximum Gasteiger partial charge on any atom is 0.225 e. The number of piperidine rings is 1. The van der Waals surface area contributed by atoms with Crippen LogP contribution in [0.4, 0.5) is 5.95 Å². The van der Waals surface area contributed by atoms with E-state index < -0.39 is 0 Å². The lowest BCUT2D eigenvalue weighted by Gasteiger charge is -2.27. The van der Waals surface area contributed by atoms with Gasteiger partial charge in [-0.15, -0.1) is 11.3 Å². The zero-order chi connectivity index (χ0) is 21.1. The maximum atomic E-state index is 13.1. The van der Waals surface area contributed by atoms with Gasteiger partial charge >= 0.3 is 0 Å². The monoisotopic (exact) mass is 427 g/mol. The van der Waals surface area contributed by atoms with E-state index >= 15 is 0 Å². The molecule has 0 unspecified atom stereocenters. The summed E-state index contributed by atoms with van der Waals surface area (Å²) >= 11 is 1.80. The molecule has 0 saturated carbocycles. The SMILES string of the molecule is Cc1ccsc1CN1C[C@@H](C(=O)NC(C)C)[C@H](c2ccnc(N3CCCCC3)n2)C1. The molecule has 7 heteroatoms.